The van der Waals surface area contributed by atoms with Gasteiger partial charge >= 0.3 is 6.03 Å². The fourth-order valence-corrected chi connectivity index (χ4v) is 2.23. The van der Waals surface area contributed by atoms with Gasteiger partial charge in [0.05, 0.1) is 19.1 Å². The number of anilines is 1. The zero-order chi connectivity index (χ0) is 17.4. The Morgan fingerprint density at radius 2 is 1.96 bits per heavy atom. The summed E-state index contributed by atoms with van der Waals surface area (Å²) in [6.45, 7) is 2.28. The molecule has 24 heavy (non-hydrogen) atoms. The monoisotopic (exact) mass is 328 g/mol. The van der Waals surface area contributed by atoms with E-state index in [4.69, 9.17) is 10.5 Å². The minimum absolute atomic E-state index is 0.0351. The number of nitrogens with one attached hydrogen (secondary N) is 2. The Morgan fingerprint density at radius 3 is 2.62 bits per heavy atom. The van der Waals surface area contributed by atoms with Crippen LogP contribution in [0.3, 0.4) is 0 Å². The second kappa shape index (κ2) is 8.52. The number of hydrogen-bond acceptors (Lipinski definition) is 4. The first-order valence-electron chi connectivity index (χ1n) is 7.58. The minimum atomic E-state index is -0.687. The lowest BCUT2D eigenvalue weighted by Gasteiger charge is -2.18. The van der Waals surface area contributed by atoms with Crippen LogP contribution in [0.4, 0.5) is 10.5 Å². The Labute approximate surface area is 140 Å². The Kier molecular flexibility index (Phi) is 6.13. The summed E-state index contributed by atoms with van der Waals surface area (Å²) in [5.74, 6) is 0.0685. The number of hydrogen-bond donors (Lipinski definition) is 3. The summed E-state index contributed by atoms with van der Waals surface area (Å²) < 4.78 is 5.38. The molecule has 1 aromatic heterocycles. The molecule has 1 heterocycles. The van der Waals surface area contributed by atoms with Crippen LogP contribution in [0.1, 0.15) is 24.9 Å². The molecule has 1 aromatic carbocycles. The fourth-order valence-electron chi connectivity index (χ4n) is 2.23. The lowest BCUT2D eigenvalue weighted by molar-refractivity contribution is -0.116. The molecule has 2 rings (SSSR count). The van der Waals surface area contributed by atoms with Crippen molar-refractivity contribution >= 4 is 17.6 Å². The van der Waals surface area contributed by atoms with Gasteiger partial charge in [-0.25, -0.2) is 9.78 Å². The van der Waals surface area contributed by atoms with E-state index in [2.05, 4.69) is 15.6 Å². The van der Waals surface area contributed by atoms with E-state index < -0.39 is 12.1 Å². The van der Waals surface area contributed by atoms with E-state index in [9.17, 15) is 9.59 Å². The van der Waals surface area contributed by atoms with Crippen LogP contribution in [0.15, 0.2) is 48.7 Å². The molecule has 0 saturated carbocycles. The third-order valence-electron chi connectivity index (χ3n) is 3.23. The molecular formula is C17H20N4O3. The highest BCUT2D eigenvalue weighted by atomic mass is 16.5. The molecule has 2 aromatic rings. The molecule has 0 aliphatic heterocycles. The number of nitrogens with zero attached hydrogens (tertiary/aromatic N) is 1. The molecule has 1 atom stereocenters. The van der Waals surface area contributed by atoms with Crippen molar-refractivity contribution < 1.29 is 14.3 Å². The van der Waals surface area contributed by atoms with Crippen LogP contribution >= 0.6 is 0 Å². The summed E-state index contributed by atoms with van der Waals surface area (Å²) in [5.41, 5.74) is 6.49. The number of benzene rings is 1. The molecule has 4 N–H and O–H groups in total. The number of amides is 3. The first-order valence-corrected chi connectivity index (χ1v) is 7.58. The van der Waals surface area contributed by atoms with Gasteiger partial charge in [-0.05, 0) is 24.6 Å². The van der Waals surface area contributed by atoms with Gasteiger partial charge in [0.1, 0.15) is 5.69 Å². The fraction of sp³-hybridized carbons (Fsp3) is 0.235. The molecule has 0 unspecified atom stereocenters. The minimum Gasteiger partial charge on any atom is -0.476 e. The van der Waals surface area contributed by atoms with Crippen molar-refractivity contribution in [1.82, 2.24) is 10.3 Å². The van der Waals surface area contributed by atoms with Crippen molar-refractivity contribution in [2.45, 2.75) is 19.4 Å². The average Bonchev–Trinajstić information content (AvgIpc) is 2.57. The predicted molar refractivity (Wildman–Crippen MR) is 90.6 cm³/mol. The SMILES string of the molecule is CCOc1ncccc1NC(=O)C[C@H](NC(N)=O)c1ccccc1. The van der Waals surface area contributed by atoms with Gasteiger partial charge in [-0.1, -0.05) is 30.3 Å². The van der Waals surface area contributed by atoms with Crippen molar-refractivity contribution in [3.8, 4) is 5.88 Å². The molecule has 3 amide bonds. The van der Waals surface area contributed by atoms with Crippen LogP contribution in [0.25, 0.3) is 0 Å². The number of nitrogens with two attached hydrogens (primary N) is 1. The number of rotatable bonds is 7. The standard InChI is InChI=1S/C17H20N4O3/c1-2-24-16-13(9-6-10-19-16)20-15(22)11-14(21-17(18)23)12-7-4-3-5-8-12/h3-10,14H,2,11H2,1H3,(H,20,22)(H3,18,21,23)/t14-/m0/s1. The Bertz CT molecular complexity index is 691. The lowest BCUT2D eigenvalue weighted by atomic mass is 10.0. The quantitative estimate of drug-likeness (QED) is 0.724. The maximum Gasteiger partial charge on any atom is 0.312 e. The van der Waals surface area contributed by atoms with Crippen molar-refractivity contribution in [2.24, 2.45) is 5.73 Å². The predicted octanol–water partition coefficient (Wildman–Crippen LogP) is 2.22. The largest absolute Gasteiger partial charge is 0.476 e. The average molecular weight is 328 g/mol. The van der Waals surface area contributed by atoms with Gasteiger partial charge in [0.25, 0.3) is 0 Å². The Morgan fingerprint density at radius 1 is 1.21 bits per heavy atom. The summed E-state index contributed by atoms with van der Waals surface area (Å²) >= 11 is 0. The van der Waals surface area contributed by atoms with Gasteiger partial charge < -0.3 is 21.1 Å². The van der Waals surface area contributed by atoms with Gasteiger partial charge in [0, 0.05) is 6.20 Å². The number of primary amides is 1. The third kappa shape index (κ3) is 4.98. The summed E-state index contributed by atoms with van der Waals surface area (Å²) in [6.07, 6.45) is 1.62. The number of ether oxygens (including phenoxy) is 1. The molecule has 7 nitrogen and oxygen atoms in total. The lowest BCUT2D eigenvalue weighted by Crippen LogP contribution is -2.35. The van der Waals surface area contributed by atoms with Crippen LogP contribution in [0.5, 0.6) is 5.88 Å². The number of aromatic nitrogens is 1. The van der Waals surface area contributed by atoms with Crippen molar-refractivity contribution in [2.75, 3.05) is 11.9 Å². The highest BCUT2D eigenvalue weighted by Crippen LogP contribution is 2.22. The molecule has 0 saturated heterocycles. The van der Waals surface area contributed by atoms with E-state index >= 15 is 0 Å². The molecule has 0 radical (unpaired) electrons. The van der Waals surface area contributed by atoms with E-state index in [1.165, 1.54) is 0 Å². The van der Waals surface area contributed by atoms with Gasteiger partial charge in [-0.2, -0.15) is 0 Å². The smallest absolute Gasteiger partial charge is 0.312 e. The maximum absolute atomic E-state index is 12.3. The number of carbonyl (C=O) groups excluding carboxylic acids is 2. The molecule has 0 bridgehead atoms. The normalized spacial score (nSPS) is 11.4. The van der Waals surface area contributed by atoms with Crippen molar-refractivity contribution in [1.29, 1.82) is 0 Å². The van der Waals surface area contributed by atoms with Crippen LogP contribution in [-0.4, -0.2) is 23.5 Å². The van der Waals surface area contributed by atoms with Crippen LogP contribution in [-0.2, 0) is 4.79 Å². The number of pyridine rings is 1. The van der Waals surface area contributed by atoms with Crippen LogP contribution in [0, 0.1) is 0 Å². The maximum atomic E-state index is 12.3. The van der Waals surface area contributed by atoms with Crippen molar-refractivity contribution in [3.63, 3.8) is 0 Å². The summed E-state index contributed by atoms with van der Waals surface area (Å²) in [5, 5.41) is 5.33. The first kappa shape index (κ1) is 17.3. The molecule has 0 spiro atoms. The Hall–Kier alpha value is -3.09. The highest BCUT2D eigenvalue weighted by molar-refractivity contribution is 5.92. The highest BCUT2D eigenvalue weighted by Gasteiger charge is 2.18. The van der Waals surface area contributed by atoms with Crippen molar-refractivity contribution in [3.05, 3.63) is 54.2 Å². The zero-order valence-corrected chi connectivity index (χ0v) is 13.4. The van der Waals surface area contributed by atoms with Crippen LogP contribution in [0.2, 0.25) is 0 Å². The van der Waals surface area contributed by atoms with Gasteiger partial charge in [0.2, 0.25) is 11.8 Å². The van der Waals surface area contributed by atoms with E-state index in [-0.39, 0.29) is 12.3 Å². The summed E-state index contributed by atoms with van der Waals surface area (Å²) in [6, 6.07) is 11.4. The Balaban J connectivity index is 2.09. The van der Waals surface area contributed by atoms with Crippen LogP contribution < -0.4 is 21.1 Å². The zero-order valence-electron chi connectivity index (χ0n) is 13.4. The van der Waals surface area contributed by atoms with E-state index in [1.54, 1.807) is 18.3 Å². The molecule has 0 fully saturated rings. The topological polar surface area (TPSA) is 106 Å². The van der Waals surface area contributed by atoms with Gasteiger partial charge in [0.15, 0.2) is 0 Å². The summed E-state index contributed by atoms with van der Waals surface area (Å²) in [7, 11) is 0. The molecular weight excluding hydrogens is 308 g/mol. The first-order chi connectivity index (χ1) is 11.6. The van der Waals surface area contributed by atoms with E-state index in [0.717, 1.165) is 5.56 Å². The molecule has 0 aliphatic rings. The van der Waals surface area contributed by atoms with Gasteiger partial charge in [-0.3, -0.25) is 4.79 Å². The third-order valence-corrected chi connectivity index (χ3v) is 3.23. The number of urea groups is 1. The number of carbonyl (C=O) groups is 2. The molecule has 7 heteroatoms. The second-order valence-corrected chi connectivity index (χ2v) is 5.01. The second-order valence-electron chi connectivity index (χ2n) is 5.01. The van der Waals surface area contributed by atoms with E-state index in [1.807, 2.05) is 37.3 Å². The van der Waals surface area contributed by atoms with Gasteiger partial charge in [-0.15, -0.1) is 0 Å². The van der Waals surface area contributed by atoms with E-state index in [0.29, 0.717) is 18.2 Å². The molecule has 0 aliphatic carbocycles. The summed E-state index contributed by atoms with van der Waals surface area (Å²) in [4.78, 5) is 27.6. The molecule has 126 valence electrons.